The molecular formula is C19H29NO7. The molecule has 0 aliphatic carbocycles. The van der Waals surface area contributed by atoms with E-state index in [0.29, 0.717) is 17.6 Å². The predicted molar refractivity (Wildman–Crippen MR) is 97.1 cm³/mol. The molecular weight excluding hydrogens is 354 g/mol. The number of hydrogen-bond acceptors (Lipinski definition) is 7. The minimum atomic E-state index is -0.515. The monoisotopic (exact) mass is 383 g/mol. The van der Waals surface area contributed by atoms with Crippen LogP contribution in [0.4, 0.5) is 0 Å². The van der Waals surface area contributed by atoms with Crippen molar-refractivity contribution < 1.29 is 34.2 Å². The minimum absolute atomic E-state index is 0.210. The zero-order valence-electron chi connectivity index (χ0n) is 15.8. The molecule has 0 fully saturated rings. The lowest BCUT2D eigenvalue weighted by Crippen LogP contribution is -2.18. The second-order valence-electron chi connectivity index (χ2n) is 6.49. The van der Waals surface area contributed by atoms with Gasteiger partial charge in [0.05, 0.1) is 0 Å². The first-order chi connectivity index (χ1) is 12.9. The first kappa shape index (κ1) is 22.5. The fourth-order valence-corrected chi connectivity index (χ4v) is 2.53. The maximum Gasteiger partial charge on any atom is 0.333 e. The van der Waals surface area contributed by atoms with Crippen molar-refractivity contribution in [3.05, 3.63) is 12.1 Å². The fraction of sp³-hybridized carbons (Fsp3) is 0.632. The van der Waals surface area contributed by atoms with Gasteiger partial charge in [-0.2, -0.15) is 0 Å². The van der Waals surface area contributed by atoms with Gasteiger partial charge in [-0.1, -0.05) is 32.1 Å². The van der Waals surface area contributed by atoms with E-state index in [9.17, 15) is 24.6 Å². The molecule has 8 nitrogen and oxygen atoms in total. The van der Waals surface area contributed by atoms with E-state index in [2.05, 4.69) is 0 Å². The van der Waals surface area contributed by atoms with Gasteiger partial charge in [-0.25, -0.2) is 4.79 Å². The molecule has 0 spiro atoms. The molecule has 0 aliphatic rings. The van der Waals surface area contributed by atoms with Crippen molar-refractivity contribution in [2.45, 2.75) is 77.2 Å². The third-order valence-electron chi connectivity index (χ3n) is 4.01. The number of carbonyl (C=O) groups is 3. The maximum atomic E-state index is 11.6. The number of aromatic nitrogens is 1. The highest BCUT2D eigenvalue weighted by molar-refractivity contribution is 5.70. The summed E-state index contributed by atoms with van der Waals surface area (Å²) in [5.74, 6) is -1.44. The van der Waals surface area contributed by atoms with Gasteiger partial charge in [-0.05, 0) is 19.8 Å². The van der Waals surface area contributed by atoms with E-state index in [-0.39, 0.29) is 36.7 Å². The zero-order valence-corrected chi connectivity index (χ0v) is 15.8. The van der Waals surface area contributed by atoms with Gasteiger partial charge in [-0.3, -0.25) is 4.79 Å². The van der Waals surface area contributed by atoms with Crippen molar-refractivity contribution in [2.24, 2.45) is 0 Å². The number of esters is 1. The summed E-state index contributed by atoms with van der Waals surface area (Å²) in [4.78, 5) is 38.3. The van der Waals surface area contributed by atoms with E-state index in [1.165, 1.54) is 12.1 Å². The van der Waals surface area contributed by atoms with Gasteiger partial charge in [0.15, 0.2) is 0 Å². The summed E-state index contributed by atoms with van der Waals surface area (Å²) in [6, 6.07) is 2.46. The standard InChI is InChI=1S/C19H29NO7/c1-15(13-14-21)26-18(24)9-7-5-3-2-4-6-8-10-19(25)27-20-16(22)11-12-17(20)23/h11-12,14-15,22-23H,2-10,13H2,1H3. The van der Waals surface area contributed by atoms with E-state index < -0.39 is 5.97 Å². The van der Waals surface area contributed by atoms with Gasteiger partial charge in [0, 0.05) is 31.4 Å². The molecule has 0 saturated carbocycles. The SMILES string of the molecule is CC(CC=O)OC(=O)CCCCCCCCCC(=O)On1c(O)ccc1O. The molecule has 1 rings (SSSR count). The van der Waals surface area contributed by atoms with Gasteiger partial charge >= 0.3 is 11.9 Å². The molecule has 0 aromatic carbocycles. The molecule has 0 saturated heterocycles. The lowest BCUT2D eigenvalue weighted by atomic mass is 10.1. The van der Waals surface area contributed by atoms with Gasteiger partial charge < -0.3 is 24.6 Å². The number of unbranched alkanes of at least 4 members (excludes halogenated alkanes) is 6. The number of rotatable bonds is 14. The van der Waals surface area contributed by atoms with Crippen LogP contribution >= 0.6 is 0 Å². The first-order valence-electron chi connectivity index (χ1n) is 9.38. The van der Waals surface area contributed by atoms with Gasteiger partial charge in [0.1, 0.15) is 12.4 Å². The second-order valence-corrected chi connectivity index (χ2v) is 6.49. The molecule has 8 heteroatoms. The van der Waals surface area contributed by atoms with E-state index in [4.69, 9.17) is 9.57 Å². The largest absolute Gasteiger partial charge is 0.492 e. The van der Waals surface area contributed by atoms with Crippen LogP contribution < -0.4 is 4.84 Å². The summed E-state index contributed by atoms with van der Waals surface area (Å²) < 4.78 is 5.77. The Morgan fingerprint density at radius 3 is 1.96 bits per heavy atom. The van der Waals surface area contributed by atoms with Crippen molar-refractivity contribution >= 4 is 18.2 Å². The number of hydrogen-bond donors (Lipinski definition) is 2. The van der Waals surface area contributed by atoms with E-state index in [0.717, 1.165) is 44.8 Å². The average molecular weight is 383 g/mol. The molecule has 152 valence electrons. The number of aromatic hydroxyl groups is 2. The Hall–Kier alpha value is -2.51. The van der Waals surface area contributed by atoms with Gasteiger partial charge in [0.2, 0.25) is 11.8 Å². The van der Waals surface area contributed by atoms with Crippen LogP contribution in [0.25, 0.3) is 0 Å². The summed E-state index contributed by atoms with van der Waals surface area (Å²) in [6.07, 6.45) is 7.45. The number of nitrogens with zero attached hydrogens (tertiary/aromatic N) is 1. The van der Waals surface area contributed by atoms with Crippen LogP contribution in [-0.4, -0.2) is 39.3 Å². The molecule has 0 bridgehead atoms. The molecule has 1 unspecified atom stereocenters. The smallest absolute Gasteiger partial charge is 0.333 e. The lowest BCUT2D eigenvalue weighted by Gasteiger charge is -2.09. The van der Waals surface area contributed by atoms with E-state index >= 15 is 0 Å². The maximum absolute atomic E-state index is 11.6. The summed E-state index contributed by atoms with van der Waals surface area (Å²) in [5, 5.41) is 18.8. The Morgan fingerprint density at radius 1 is 0.963 bits per heavy atom. The lowest BCUT2D eigenvalue weighted by molar-refractivity contribution is -0.149. The number of carbonyl (C=O) groups excluding carboxylic acids is 3. The second kappa shape index (κ2) is 12.8. The quantitative estimate of drug-likeness (QED) is 0.288. The Labute approximate surface area is 159 Å². The van der Waals surface area contributed by atoms with Crippen molar-refractivity contribution in [1.82, 2.24) is 4.73 Å². The van der Waals surface area contributed by atoms with Crippen LogP contribution in [0.3, 0.4) is 0 Å². The fourth-order valence-electron chi connectivity index (χ4n) is 2.53. The van der Waals surface area contributed by atoms with Crippen molar-refractivity contribution in [1.29, 1.82) is 0 Å². The third-order valence-corrected chi connectivity index (χ3v) is 4.01. The van der Waals surface area contributed by atoms with Gasteiger partial charge in [0.25, 0.3) is 0 Å². The van der Waals surface area contributed by atoms with Crippen LogP contribution in [0.15, 0.2) is 12.1 Å². The van der Waals surface area contributed by atoms with Crippen molar-refractivity contribution in [2.75, 3.05) is 0 Å². The topological polar surface area (TPSA) is 115 Å². The Balaban J connectivity index is 1.96. The molecule has 0 amide bonds. The van der Waals surface area contributed by atoms with Crippen molar-refractivity contribution in [3.63, 3.8) is 0 Å². The van der Waals surface area contributed by atoms with Crippen molar-refractivity contribution in [3.8, 4) is 11.8 Å². The van der Waals surface area contributed by atoms with Crippen LogP contribution in [0, 0.1) is 0 Å². The Kier molecular flexibility index (Phi) is 10.7. The highest BCUT2D eigenvalue weighted by atomic mass is 16.7. The minimum Gasteiger partial charge on any atom is -0.492 e. The van der Waals surface area contributed by atoms with Crippen LogP contribution in [0.5, 0.6) is 11.8 Å². The molecule has 27 heavy (non-hydrogen) atoms. The average Bonchev–Trinajstić information content (AvgIpc) is 2.92. The highest BCUT2D eigenvalue weighted by Gasteiger charge is 2.12. The Morgan fingerprint density at radius 2 is 1.44 bits per heavy atom. The summed E-state index contributed by atoms with van der Waals surface area (Å²) in [6.45, 7) is 1.70. The summed E-state index contributed by atoms with van der Waals surface area (Å²) >= 11 is 0. The molecule has 1 atom stereocenters. The third kappa shape index (κ3) is 9.67. The van der Waals surface area contributed by atoms with Crippen LogP contribution in [-0.2, 0) is 19.1 Å². The van der Waals surface area contributed by atoms with Crippen LogP contribution in [0.2, 0.25) is 0 Å². The predicted octanol–water partition coefficient (Wildman–Crippen LogP) is 2.89. The summed E-state index contributed by atoms with van der Waals surface area (Å²) in [5.41, 5.74) is 0. The molecule has 0 radical (unpaired) electrons. The van der Waals surface area contributed by atoms with Crippen LogP contribution in [0.1, 0.15) is 71.1 Å². The van der Waals surface area contributed by atoms with E-state index in [1.807, 2.05) is 0 Å². The molecule has 2 N–H and O–H groups in total. The highest BCUT2D eigenvalue weighted by Crippen LogP contribution is 2.19. The zero-order chi connectivity index (χ0) is 20.1. The molecule has 1 aromatic rings. The number of aldehydes is 1. The normalized spacial score (nSPS) is 11.7. The number of ether oxygens (including phenoxy) is 1. The van der Waals surface area contributed by atoms with Gasteiger partial charge in [-0.15, -0.1) is 4.73 Å². The molecule has 1 heterocycles. The first-order valence-corrected chi connectivity index (χ1v) is 9.38. The summed E-state index contributed by atoms with van der Waals surface area (Å²) in [7, 11) is 0. The molecule has 1 aromatic heterocycles. The molecule has 0 aliphatic heterocycles. The Bertz CT molecular complexity index is 577. The van der Waals surface area contributed by atoms with E-state index in [1.54, 1.807) is 6.92 Å².